The fraction of sp³-hybridized carbons (Fsp3) is 0.355. The third kappa shape index (κ3) is 9.75. The van der Waals surface area contributed by atoms with Crippen molar-refractivity contribution >= 4 is 50.8 Å². The molecular formula is C31H34BrClN2O5. The van der Waals surface area contributed by atoms with Crippen LogP contribution in [0, 0.1) is 10.1 Å². The van der Waals surface area contributed by atoms with Crippen molar-refractivity contribution in [1.82, 2.24) is 0 Å². The van der Waals surface area contributed by atoms with E-state index in [2.05, 4.69) is 28.2 Å². The highest BCUT2D eigenvalue weighted by atomic mass is 79.9. The standard InChI is InChI=1S/C31H34BrClN2O5/c1-2-3-4-5-6-7-8-12-15-29(36)40-30-23(18-22-13-10-9-11-14-22)19-24(32)20-26(30)31(37)34-28-17-16-25(35(38)39)21-27(28)33/h9-11,13-14,16-17,19-21H,2-8,12,15,18H2,1H3,(H,34,37). The van der Waals surface area contributed by atoms with Crippen molar-refractivity contribution in [2.24, 2.45) is 0 Å². The molecule has 0 aromatic heterocycles. The van der Waals surface area contributed by atoms with Gasteiger partial charge in [0.05, 0.1) is 21.2 Å². The Morgan fingerprint density at radius 1 is 0.950 bits per heavy atom. The molecule has 0 spiro atoms. The molecule has 0 unspecified atom stereocenters. The molecule has 0 saturated heterocycles. The number of carbonyl (C=O) groups excluding carboxylic acids is 2. The van der Waals surface area contributed by atoms with Crippen molar-refractivity contribution in [3.63, 3.8) is 0 Å². The number of nitro groups is 1. The van der Waals surface area contributed by atoms with Gasteiger partial charge in [0.25, 0.3) is 11.6 Å². The third-order valence-electron chi connectivity index (χ3n) is 6.47. The summed E-state index contributed by atoms with van der Waals surface area (Å²) in [6.07, 6.45) is 9.56. The molecular weight excluding hydrogens is 596 g/mol. The molecule has 0 atom stereocenters. The first-order chi connectivity index (χ1) is 19.3. The highest BCUT2D eigenvalue weighted by Crippen LogP contribution is 2.33. The van der Waals surface area contributed by atoms with Crippen LogP contribution in [0.1, 0.15) is 86.2 Å². The fourth-order valence-corrected chi connectivity index (χ4v) is 5.09. The topological polar surface area (TPSA) is 98.5 Å². The van der Waals surface area contributed by atoms with Gasteiger partial charge in [-0.15, -0.1) is 0 Å². The van der Waals surface area contributed by atoms with Crippen LogP contribution in [-0.4, -0.2) is 16.8 Å². The molecule has 0 fully saturated rings. The third-order valence-corrected chi connectivity index (χ3v) is 7.25. The van der Waals surface area contributed by atoms with Gasteiger partial charge in [0.2, 0.25) is 0 Å². The largest absolute Gasteiger partial charge is 0.425 e. The second-order valence-corrected chi connectivity index (χ2v) is 11.0. The second-order valence-electron chi connectivity index (χ2n) is 9.68. The normalized spacial score (nSPS) is 10.8. The van der Waals surface area contributed by atoms with Crippen molar-refractivity contribution < 1.29 is 19.2 Å². The Morgan fingerprint density at radius 3 is 2.27 bits per heavy atom. The number of anilines is 1. The number of benzene rings is 3. The molecule has 7 nitrogen and oxygen atoms in total. The molecule has 1 N–H and O–H groups in total. The van der Waals surface area contributed by atoms with Crippen molar-refractivity contribution in [3.8, 4) is 5.75 Å². The number of ether oxygens (including phenoxy) is 1. The van der Waals surface area contributed by atoms with Crippen LogP contribution in [0.5, 0.6) is 5.75 Å². The first-order valence-electron chi connectivity index (χ1n) is 13.6. The lowest BCUT2D eigenvalue weighted by Gasteiger charge is -2.16. The number of halogens is 2. The summed E-state index contributed by atoms with van der Waals surface area (Å²) in [6, 6.07) is 16.9. The molecule has 0 aliphatic rings. The van der Waals surface area contributed by atoms with Crippen molar-refractivity contribution in [3.05, 3.63) is 97.0 Å². The van der Waals surface area contributed by atoms with Crippen LogP contribution in [0.3, 0.4) is 0 Å². The quantitative estimate of drug-likeness (QED) is 0.0594. The first kappa shape index (κ1) is 31.3. The van der Waals surface area contributed by atoms with E-state index in [4.69, 9.17) is 16.3 Å². The molecule has 9 heteroatoms. The number of nitrogens with zero attached hydrogens (tertiary/aromatic N) is 1. The first-order valence-corrected chi connectivity index (χ1v) is 14.8. The van der Waals surface area contributed by atoms with E-state index in [0.717, 1.165) is 24.8 Å². The van der Waals surface area contributed by atoms with Crippen molar-refractivity contribution in [1.29, 1.82) is 0 Å². The van der Waals surface area contributed by atoms with Gasteiger partial charge in [0.15, 0.2) is 0 Å². The summed E-state index contributed by atoms with van der Waals surface area (Å²) in [5.41, 5.74) is 1.83. The number of hydrogen-bond donors (Lipinski definition) is 1. The van der Waals surface area contributed by atoms with E-state index in [1.807, 2.05) is 36.4 Å². The van der Waals surface area contributed by atoms with E-state index in [-0.39, 0.29) is 34.1 Å². The molecule has 3 aromatic carbocycles. The zero-order valence-electron chi connectivity index (χ0n) is 22.6. The summed E-state index contributed by atoms with van der Waals surface area (Å²) in [5, 5.41) is 13.8. The predicted molar refractivity (Wildman–Crippen MR) is 162 cm³/mol. The molecule has 40 heavy (non-hydrogen) atoms. The van der Waals surface area contributed by atoms with Crippen LogP contribution in [0.25, 0.3) is 0 Å². The predicted octanol–water partition coefficient (Wildman–Crippen LogP) is 9.29. The number of nitrogens with one attached hydrogen (secondary N) is 1. The van der Waals surface area contributed by atoms with Gasteiger partial charge in [-0.2, -0.15) is 0 Å². The Balaban J connectivity index is 1.79. The van der Waals surface area contributed by atoms with E-state index < -0.39 is 16.8 Å². The summed E-state index contributed by atoms with van der Waals surface area (Å²) in [5.74, 6) is -0.765. The SMILES string of the molecule is CCCCCCCCCCC(=O)Oc1c(Cc2ccccc2)cc(Br)cc1C(=O)Nc1ccc([N+](=O)[O-])cc1Cl. The maximum absolute atomic E-state index is 13.4. The molecule has 0 bridgehead atoms. The van der Waals surface area contributed by atoms with Crippen LogP contribution in [0.2, 0.25) is 5.02 Å². The Labute approximate surface area is 248 Å². The van der Waals surface area contributed by atoms with Crippen molar-refractivity contribution in [2.75, 3.05) is 5.32 Å². The maximum Gasteiger partial charge on any atom is 0.311 e. The van der Waals surface area contributed by atoms with Gasteiger partial charge >= 0.3 is 5.97 Å². The van der Waals surface area contributed by atoms with Crippen LogP contribution in [0.4, 0.5) is 11.4 Å². The van der Waals surface area contributed by atoms with Crippen LogP contribution < -0.4 is 10.1 Å². The number of rotatable bonds is 15. The van der Waals surface area contributed by atoms with Gasteiger partial charge in [-0.3, -0.25) is 19.7 Å². The Bertz CT molecular complexity index is 1320. The Kier molecular flexibility index (Phi) is 12.6. The van der Waals surface area contributed by atoms with E-state index in [0.29, 0.717) is 16.5 Å². The van der Waals surface area contributed by atoms with Gasteiger partial charge < -0.3 is 10.1 Å². The molecule has 0 aliphatic carbocycles. The molecule has 0 saturated carbocycles. The maximum atomic E-state index is 13.4. The minimum Gasteiger partial charge on any atom is -0.425 e. The number of unbranched alkanes of at least 4 members (excludes halogenated alkanes) is 7. The van der Waals surface area contributed by atoms with Crippen molar-refractivity contribution in [2.45, 2.75) is 71.1 Å². The van der Waals surface area contributed by atoms with Crippen LogP contribution in [-0.2, 0) is 11.2 Å². The Morgan fingerprint density at radius 2 is 1.62 bits per heavy atom. The zero-order valence-corrected chi connectivity index (χ0v) is 24.9. The lowest BCUT2D eigenvalue weighted by molar-refractivity contribution is -0.384. The summed E-state index contributed by atoms with van der Waals surface area (Å²) in [7, 11) is 0. The van der Waals surface area contributed by atoms with E-state index in [1.165, 1.54) is 50.3 Å². The number of nitro benzene ring substituents is 1. The lowest BCUT2D eigenvalue weighted by Crippen LogP contribution is -2.18. The minimum atomic E-state index is -0.564. The molecule has 212 valence electrons. The monoisotopic (exact) mass is 628 g/mol. The molecule has 0 aliphatic heterocycles. The number of carbonyl (C=O) groups is 2. The second kappa shape index (κ2) is 16.1. The minimum absolute atomic E-state index is 0.0234. The van der Waals surface area contributed by atoms with Gasteiger partial charge in [-0.1, -0.05) is 110 Å². The zero-order chi connectivity index (χ0) is 28.9. The summed E-state index contributed by atoms with van der Waals surface area (Å²) < 4.78 is 6.50. The fourth-order valence-electron chi connectivity index (χ4n) is 4.36. The summed E-state index contributed by atoms with van der Waals surface area (Å²) in [6.45, 7) is 2.20. The average Bonchev–Trinajstić information content (AvgIpc) is 2.93. The summed E-state index contributed by atoms with van der Waals surface area (Å²) in [4.78, 5) is 36.8. The van der Waals surface area contributed by atoms with E-state index >= 15 is 0 Å². The molecule has 0 heterocycles. The number of amides is 1. The van der Waals surface area contributed by atoms with E-state index in [9.17, 15) is 19.7 Å². The highest BCUT2D eigenvalue weighted by molar-refractivity contribution is 9.10. The smallest absolute Gasteiger partial charge is 0.311 e. The van der Waals surface area contributed by atoms with Gasteiger partial charge in [0, 0.05) is 35.0 Å². The average molecular weight is 630 g/mol. The van der Waals surface area contributed by atoms with Crippen LogP contribution in [0.15, 0.2) is 65.1 Å². The Hall–Kier alpha value is -3.23. The van der Waals surface area contributed by atoms with Gasteiger partial charge in [-0.25, -0.2) is 0 Å². The molecule has 3 rings (SSSR count). The number of esters is 1. The van der Waals surface area contributed by atoms with Gasteiger partial charge in [0.1, 0.15) is 5.75 Å². The highest BCUT2D eigenvalue weighted by Gasteiger charge is 2.22. The number of hydrogen-bond acceptors (Lipinski definition) is 5. The summed E-state index contributed by atoms with van der Waals surface area (Å²) >= 11 is 9.68. The van der Waals surface area contributed by atoms with Crippen LogP contribution >= 0.6 is 27.5 Å². The molecule has 0 radical (unpaired) electrons. The number of non-ortho nitro benzene ring substituents is 1. The lowest BCUT2D eigenvalue weighted by atomic mass is 10.0. The van der Waals surface area contributed by atoms with Gasteiger partial charge in [-0.05, 0) is 30.2 Å². The molecule has 3 aromatic rings. The molecule has 1 amide bonds. The van der Waals surface area contributed by atoms with E-state index in [1.54, 1.807) is 6.07 Å².